The summed E-state index contributed by atoms with van der Waals surface area (Å²) in [5.41, 5.74) is 0. The molecule has 1 aliphatic heterocycles. The third kappa shape index (κ3) is 2.95. The van der Waals surface area contributed by atoms with Crippen molar-refractivity contribution in [2.45, 2.75) is 38.5 Å². The molecule has 0 radical (unpaired) electrons. The fourth-order valence-corrected chi connectivity index (χ4v) is 2.00. The quantitative estimate of drug-likeness (QED) is 0.658. The molecule has 1 fully saturated rings. The molecule has 1 aliphatic rings. The van der Waals surface area contributed by atoms with Crippen molar-refractivity contribution in [1.82, 2.24) is 5.32 Å². The third-order valence-electron chi connectivity index (χ3n) is 1.75. The van der Waals surface area contributed by atoms with Gasteiger partial charge in [-0.2, -0.15) is 0 Å². The maximum atomic E-state index is 11.4. The molecular formula is C8H17NO2Si. The van der Waals surface area contributed by atoms with Crippen LogP contribution in [0.2, 0.25) is 19.6 Å². The van der Waals surface area contributed by atoms with E-state index in [2.05, 4.69) is 5.32 Å². The molecule has 0 amide bonds. The van der Waals surface area contributed by atoms with Crippen molar-refractivity contribution < 1.29 is 9.22 Å². The molecule has 0 aromatic carbocycles. The van der Waals surface area contributed by atoms with Gasteiger partial charge in [0.25, 0.3) is 0 Å². The molecule has 1 atom stereocenters. The molecule has 0 saturated carbocycles. The summed E-state index contributed by atoms with van der Waals surface area (Å²) in [5, 5.41) is 3.13. The summed E-state index contributed by atoms with van der Waals surface area (Å²) in [7, 11) is -1.68. The van der Waals surface area contributed by atoms with Crippen LogP contribution in [0.3, 0.4) is 0 Å². The Morgan fingerprint density at radius 3 is 2.58 bits per heavy atom. The summed E-state index contributed by atoms with van der Waals surface area (Å²) in [4.78, 5) is 11.4. The largest absolute Gasteiger partial charge is 0.519 e. The highest BCUT2D eigenvalue weighted by Crippen LogP contribution is 2.10. The summed E-state index contributed by atoms with van der Waals surface area (Å²) in [6.45, 7) is 7.03. The second-order valence-corrected chi connectivity index (χ2v) is 8.61. The SMILES string of the molecule is C[Si](C)(C)OC(=O)[C@H]1CCCN1. The number of nitrogens with one attached hydrogen (secondary N) is 1. The average Bonchev–Trinajstić information content (AvgIpc) is 2.32. The first-order valence-corrected chi connectivity index (χ1v) is 7.86. The number of carbonyl (C=O) groups excluding carboxylic acids is 1. The highest BCUT2D eigenvalue weighted by molar-refractivity contribution is 6.71. The first-order valence-electron chi connectivity index (χ1n) is 4.45. The Bertz CT molecular complexity index is 170. The van der Waals surface area contributed by atoms with Crippen LogP contribution in [0.15, 0.2) is 0 Å². The van der Waals surface area contributed by atoms with Crippen LogP contribution in [0.4, 0.5) is 0 Å². The van der Waals surface area contributed by atoms with Gasteiger partial charge in [-0.25, -0.2) is 0 Å². The topological polar surface area (TPSA) is 38.3 Å². The lowest BCUT2D eigenvalue weighted by molar-refractivity contribution is -0.137. The van der Waals surface area contributed by atoms with Crippen LogP contribution in [0.5, 0.6) is 0 Å². The molecule has 0 aromatic heterocycles. The minimum Gasteiger partial charge on any atom is -0.519 e. The van der Waals surface area contributed by atoms with Crippen LogP contribution in [-0.2, 0) is 9.22 Å². The van der Waals surface area contributed by atoms with Crippen molar-refractivity contribution in [3.05, 3.63) is 0 Å². The molecule has 0 spiro atoms. The summed E-state index contributed by atoms with van der Waals surface area (Å²) < 4.78 is 5.36. The molecule has 1 saturated heterocycles. The first kappa shape index (κ1) is 9.73. The van der Waals surface area contributed by atoms with Crippen LogP contribution in [0.25, 0.3) is 0 Å². The van der Waals surface area contributed by atoms with Crippen LogP contribution < -0.4 is 5.32 Å². The number of rotatable bonds is 2. The summed E-state index contributed by atoms with van der Waals surface area (Å²) in [6.07, 6.45) is 2.02. The van der Waals surface area contributed by atoms with Gasteiger partial charge in [0, 0.05) is 0 Å². The Labute approximate surface area is 74.6 Å². The molecule has 3 nitrogen and oxygen atoms in total. The van der Waals surface area contributed by atoms with Crippen molar-refractivity contribution in [2.24, 2.45) is 0 Å². The van der Waals surface area contributed by atoms with Crippen LogP contribution in [-0.4, -0.2) is 26.9 Å². The van der Waals surface area contributed by atoms with Crippen LogP contribution in [0, 0.1) is 0 Å². The minimum atomic E-state index is -1.68. The molecular weight excluding hydrogens is 170 g/mol. The van der Waals surface area contributed by atoms with Gasteiger partial charge < -0.3 is 9.74 Å². The highest BCUT2D eigenvalue weighted by atomic mass is 28.4. The van der Waals surface area contributed by atoms with Gasteiger partial charge in [0.2, 0.25) is 8.32 Å². The molecule has 1 N–H and O–H groups in total. The Balaban J connectivity index is 2.37. The second-order valence-electron chi connectivity index (χ2n) is 4.18. The monoisotopic (exact) mass is 187 g/mol. The van der Waals surface area contributed by atoms with Gasteiger partial charge in [0.1, 0.15) is 6.04 Å². The Hall–Kier alpha value is -0.353. The zero-order chi connectivity index (χ0) is 9.19. The minimum absolute atomic E-state index is 0.0308. The van der Waals surface area contributed by atoms with Crippen LogP contribution >= 0.6 is 0 Å². The van der Waals surface area contributed by atoms with Crippen molar-refractivity contribution in [2.75, 3.05) is 6.54 Å². The maximum Gasteiger partial charge on any atom is 0.309 e. The van der Waals surface area contributed by atoms with E-state index in [0.29, 0.717) is 0 Å². The molecule has 0 bridgehead atoms. The molecule has 4 heteroatoms. The summed E-state index contributed by atoms with van der Waals surface area (Å²) in [5.74, 6) is -0.0494. The fourth-order valence-electron chi connectivity index (χ4n) is 1.26. The predicted octanol–water partition coefficient (Wildman–Crippen LogP) is 1.12. The lowest BCUT2D eigenvalue weighted by atomic mass is 10.2. The number of carbonyl (C=O) groups is 1. The van der Waals surface area contributed by atoms with Crippen LogP contribution in [0.1, 0.15) is 12.8 Å². The van der Waals surface area contributed by atoms with Gasteiger partial charge in [-0.15, -0.1) is 0 Å². The lowest BCUT2D eigenvalue weighted by Crippen LogP contribution is -2.39. The third-order valence-corrected chi connectivity index (χ3v) is 2.57. The summed E-state index contributed by atoms with van der Waals surface area (Å²) >= 11 is 0. The van der Waals surface area contributed by atoms with Crippen molar-refractivity contribution in [3.8, 4) is 0 Å². The van der Waals surface area contributed by atoms with E-state index >= 15 is 0 Å². The van der Waals surface area contributed by atoms with E-state index in [-0.39, 0.29) is 12.0 Å². The standard InChI is InChI=1S/C8H17NO2Si/c1-12(2,3)11-8(10)7-5-4-6-9-7/h7,9H,4-6H2,1-3H3/t7-/m1/s1. The van der Waals surface area contributed by atoms with E-state index in [1.807, 2.05) is 19.6 Å². The molecule has 1 heterocycles. The van der Waals surface area contributed by atoms with Crippen molar-refractivity contribution in [1.29, 1.82) is 0 Å². The van der Waals surface area contributed by atoms with E-state index in [0.717, 1.165) is 19.4 Å². The Kier molecular flexibility index (Phi) is 2.90. The number of hydrogen-bond acceptors (Lipinski definition) is 3. The van der Waals surface area contributed by atoms with Gasteiger partial charge in [0.05, 0.1) is 0 Å². The normalized spacial score (nSPS) is 24.1. The molecule has 0 unspecified atom stereocenters. The Morgan fingerprint density at radius 2 is 2.17 bits per heavy atom. The molecule has 70 valence electrons. The van der Waals surface area contributed by atoms with Gasteiger partial charge in [-0.05, 0) is 39.0 Å². The van der Waals surface area contributed by atoms with Gasteiger partial charge in [-0.1, -0.05) is 0 Å². The van der Waals surface area contributed by atoms with Gasteiger partial charge >= 0.3 is 5.97 Å². The zero-order valence-electron chi connectivity index (χ0n) is 8.02. The predicted molar refractivity (Wildman–Crippen MR) is 50.5 cm³/mol. The van der Waals surface area contributed by atoms with Crippen molar-refractivity contribution >= 4 is 14.3 Å². The summed E-state index contributed by atoms with van der Waals surface area (Å²) in [6, 6.07) is -0.0308. The zero-order valence-corrected chi connectivity index (χ0v) is 9.02. The highest BCUT2D eigenvalue weighted by Gasteiger charge is 2.28. The van der Waals surface area contributed by atoms with Crippen molar-refractivity contribution in [3.63, 3.8) is 0 Å². The molecule has 12 heavy (non-hydrogen) atoms. The van der Waals surface area contributed by atoms with E-state index in [1.54, 1.807) is 0 Å². The smallest absolute Gasteiger partial charge is 0.309 e. The second kappa shape index (κ2) is 3.58. The van der Waals surface area contributed by atoms with E-state index in [9.17, 15) is 4.79 Å². The maximum absolute atomic E-state index is 11.4. The molecule has 1 rings (SSSR count). The average molecular weight is 187 g/mol. The first-order chi connectivity index (χ1) is 5.49. The molecule has 0 aliphatic carbocycles. The van der Waals surface area contributed by atoms with Gasteiger partial charge in [-0.3, -0.25) is 4.79 Å². The Morgan fingerprint density at radius 1 is 1.50 bits per heavy atom. The molecule has 0 aromatic rings. The van der Waals surface area contributed by atoms with E-state index in [4.69, 9.17) is 4.43 Å². The fraction of sp³-hybridized carbons (Fsp3) is 0.875. The number of hydrogen-bond donors (Lipinski definition) is 1. The van der Waals surface area contributed by atoms with E-state index < -0.39 is 8.32 Å². The van der Waals surface area contributed by atoms with Gasteiger partial charge in [0.15, 0.2) is 0 Å². The lowest BCUT2D eigenvalue weighted by Gasteiger charge is -2.20. The van der Waals surface area contributed by atoms with E-state index in [1.165, 1.54) is 0 Å².